The van der Waals surface area contributed by atoms with Crippen LogP contribution in [0.1, 0.15) is 36.8 Å². The lowest BCUT2D eigenvalue weighted by molar-refractivity contribution is -0.138. The summed E-state index contributed by atoms with van der Waals surface area (Å²) < 4.78 is 38.2. The lowest BCUT2D eigenvalue weighted by Crippen LogP contribution is -2.13. The molecule has 0 aliphatic heterocycles. The Bertz CT molecular complexity index is 406. The van der Waals surface area contributed by atoms with E-state index in [1.165, 1.54) is 44.7 Å². The van der Waals surface area contributed by atoms with Gasteiger partial charge in [0.15, 0.2) is 0 Å². The van der Waals surface area contributed by atoms with E-state index in [2.05, 4.69) is 5.32 Å². The second-order valence-corrected chi connectivity index (χ2v) is 5.06. The van der Waals surface area contributed by atoms with Crippen molar-refractivity contribution in [1.29, 1.82) is 0 Å². The molecule has 1 aliphatic rings. The molecule has 1 N–H and O–H groups in total. The van der Waals surface area contributed by atoms with Crippen molar-refractivity contribution in [1.82, 2.24) is 0 Å². The monoisotopic (exact) mass is 257 g/mol. The molecule has 0 heterocycles. The van der Waals surface area contributed by atoms with Crippen LogP contribution >= 0.6 is 0 Å². The molecule has 0 aromatic heterocycles. The van der Waals surface area contributed by atoms with Crippen molar-refractivity contribution in [3.8, 4) is 0 Å². The number of alkyl halides is 3. The van der Waals surface area contributed by atoms with Gasteiger partial charge < -0.3 is 5.32 Å². The molecular weight excluding hydrogens is 239 g/mol. The van der Waals surface area contributed by atoms with Gasteiger partial charge in [0, 0.05) is 12.2 Å². The van der Waals surface area contributed by atoms with Gasteiger partial charge >= 0.3 is 6.18 Å². The summed E-state index contributed by atoms with van der Waals surface area (Å²) >= 11 is 0. The average molecular weight is 257 g/mol. The van der Waals surface area contributed by atoms with Gasteiger partial charge in [-0.25, -0.2) is 0 Å². The van der Waals surface area contributed by atoms with Crippen molar-refractivity contribution in [3.63, 3.8) is 0 Å². The summed E-state index contributed by atoms with van der Waals surface area (Å²) in [7, 11) is 0. The molecule has 2 rings (SSSR count). The summed E-state index contributed by atoms with van der Waals surface area (Å²) in [6, 6.07) is 4.46. The van der Waals surface area contributed by atoms with E-state index in [1.54, 1.807) is 6.07 Å². The Morgan fingerprint density at radius 3 is 2.50 bits per heavy atom. The third-order valence-electron chi connectivity index (χ3n) is 3.61. The number of benzene rings is 1. The fraction of sp³-hybridized carbons (Fsp3) is 0.571. The first kappa shape index (κ1) is 13.2. The van der Waals surface area contributed by atoms with Gasteiger partial charge in [0.1, 0.15) is 0 Å². The molecule has 1 nitrogen and oxygen atoms in total. The predicted molar refractivity (Wildman–Crippen MR) is 66.6 cm³/mol. The van der Waals surface area contributed by atoms with E-state index in [4.69, 9.17) is 0 Å². The van der Waals surface area contributed by atoms with Gasteiger partial charge in [-0.1, -0.05) is 18.9 Å². The highest BCUT2D eigenvalue weighted by molar-refractivity contribution is 5.49. The summed E-state index contributed by atoms with van der Waals surface area (Å²) in [5.74, 6) is 0.612. The second kappa shape index (κ2) is 5.21. The second-order valence-electron chi connectivity index (χ2n) is 5.06. The van der Waals surface area contributed by atoms with Gasteiger partial charge in [0.25, 0.3) is 0 Å². The molecule has 0 bridgehead atoms. The summed E-state index contributed by atoms with van der Waals surface area (Å²) in [4.78, 5) is 0. The Balaban J connectivity index is 2.04. The van der Waals surface area contributed by atoms with E-state index in [9.17, 15) is 13.2 Å². The molecule has 4 heteroatoms. The Hall–Kier alpha value is -1.19. The highest BCUT2D eigenvalue weighted by atomic mass is 19.4. The minimum Gasteiger partial charge on any atom is -0.385 e. The molecule has 100 valence electrons. The van der Waals surface area contributed by atoms with Crippen molar-refractivity contribution in [2.24, 2.45) is 5.92 Å². The van der Waals surface area contributed by atoms with Gasteiger partial charge in [0.2, 0.25) is 0 Å². The van der Waals surface area contributed by atoms with Crippen molar-refractivity contribution in [2.75, 3.05) is 11.9 Å². The van der Waals surface area contributed by atoms with Crippen molar-refractivity contribution in [2.45, 2.75) is 38.8 Å². The number of rotatable bonds is 3. The molecule has 1 saturated carbocycles. The highest BCUT2D eigenvalue weighted by Crippen LogP contribution is 2.33. The van der Waals surface area contributed by atoms with Crippen molar-refractivity contribution < 1.29 is 13.2 Å². The Labute approximate surface area is 105 Å². The predicted octanol–water partition coefficient (Wildman–Crippen LogP) is 4.62. The number of aryl methyl sites for hydroxylation is 1. The zero-order valence-electron chi connectivity index (χ0n) is 10.5. The van der Waals surface area contributed by atoms with E-state index in [0.29, 0.717) is 11.6 Å². The first-order valence-corrected chi connectivity index (χ1v) is 6.38. The lowest BCUT2D eigenvalue weighted by atomic mass is 10.1. The van der Waals surface area contributed by atoms with Gasteiger partial charge in [0.05, 0.1) is 5.56 Å². The van der Waals surface area contributed by atoms with Crippen LogP contribution in [0.25, 0.3) is 0 Å². The van der Waals surface area contributed by atoms with Crippen LogP contribution in [-0.4, -0.2) is 6.54 Å². The average Bonchev–Trinajstić information content (AvgIpc) is 2.79. The minimum absolute atomic E-state index is 0.272. The SMILES string of the molecule is Cc1ccc(NCC2CCCC2)cc1C(F)(F)F. The molecular formula is C14H18F3N. The molecule has 0 unspecified atom stereocenters. The third kappa shape index (κ3) is 3.18. The first-order chi connectivity index (χ1) is 8.47. The molecule has 1 aromatic carbocycles. The van der Waals surface area contributed by atoms with Gasteiger partial charge in [-0.2, -0.15) is 13.2 Å². The highest BCUT2D eigenvalue weighted by Gasteiger charge is 2.32. The molecule has 1 aromatic rings. The van der Waals surface area contributed by atoms with E-state index in [-0.39, 0.29) is 5.56 Å². The number of hydrogen-bond acceptors (Lipinski definition) is 1. The zero-order chi connectivity index (χ0) is 13.2. The third-order valence-corrected chi connectivity index (χ3v) is 3.61. The van der Waals surface area contributed by atoms with Crippen LogP contribution in [0.4, 0.5) is 18.9 Å². The Kier molecular flexibility index (Phi) is 3.83. The van der Waals surface area contributed by atoms with Crippen molar-refractivity contribution >= 4 is 5.69 Å². The Morgan fingerprint density at radius 2 is 1.89 bits per heavy atom. The largest absolute Gasteiger partial charge is 0.416 e. The zero-order valence-corrected chi connectivity index (χ0v) is 10.5. The van der Waals surface area contributed by atoms with Crippen LogP contribution < -0.4 is 5.32 Å². The molecule has 0 saturated heterocycles. The van der Waals surface area contributed by atoms with Gasteiger partial charge in [-0.05, 0) is 43.4 Å². The van der Waals surface area contributed by atoms with Crippen LogP contribution in [0.5, 0.6) is 0 Å². The smallest absolute Gasteiger partial charge is 0.385 e. The van der Waals surface area contributed by atoms with Gasteiger partial charge in [-0.3, -0.25) is 0 Å². The number of halogens is 3. The lowest BCUT2D eigenvalue weighted by Gasteiger charge is -2.15. The molecule has 0 radical (unpaired) electrons. The topological polar surface area (TPSA) is 12.0 Å². The molecule has 1 aliphatic carbocycles. The maximum atomic E-state index is 12.7. The first-order valence-electron chi connectivity index (χ1n) is 6.38. The summed E-state index contributed by atoms with van der Waals surface area (Å²) in [6.07, 6.45) is 0.590. The van der Waals surface area contributed by atoms with E-state index in [0.717, 1.165) is 6.54 Å². The quantitative estimate of drug-likeness (QED) is 0.833. The van der Waals surface area contributed by atoms with Crippen LogP contribution in [0.3, 0.4) is 0 Å². The molecule has 18 heavy (non-hydrogen) atoms. The van der Waals surface area contributed by atoms with Crippen LogP contribution in [0.2, 0.25) is 0 Å². The molecule has 0 spiro atoms. The van der Waals surface area contributed by atoms with Gasteiger partial charge in [-0.15, -0.1) is 0 Å². The summed E-state index contributed by atoms with van der Waals surface area (Å²) in [5, 5.41) is 3.13. The normalized spacial score (nSPS) is 17.1. The van der Waals surface area contributed by atoms with E-state index < -0.39 is 11.7 Å². The van der Waals surface area contributed by atoms with Crippen LogP contribution in [-0.2, 0) is 6.18 Å². The molecule has 1 fully saturated rings. The summed E-state index contributed by atoms with van der Waals surface area (Å²) in [6.45, 7) is 2.27. The standard InChI is InChI=1S/C14H18F3N/c1-10-6-7-12(8-13(10)14(15,16)17)18-9-11-4-2-3-5-11/h6-8,11,18H,2-5,9H2,1H3. The van der Waals surface area contributed by atoms with Crippen LogP contribution in [0.15, 0.2) is 18.2 Å². The van der Waals surface area contributed by atoms with Crippen LogP contribution in [0, 0.1) is 12.8 Å². The number of anilines is 1. The number of hydrogen-bond donors (Lipinski definition) is 1. The van der Waals surface area contributed by atoms with E-state index >= 15 is 0 Å². The molecule has 0 atom stereocenters. The Morgan fingerprint density at radius 1 is 1.22 bits per heavy atom. The fourth-order valence-electron chi connectivity index (χ4n) is 2.51. The maximum absolute atomic E-state index is 12.7. The van der Waals surface area contributed by atoms with Crippen molar-refractivity contribution in [3.05, 3.63) is 29.3 Å². The molecule has 0 amide bonds. The fourth-order valence-corrected chi connectivity index (χ4v) is 2.51. The maximum Gasteiger partial charge on any atom is 0.416 e. The summed E-state index contributed by atoms with van der Waals surface area (Å²) in [5.41, 5.74) is 0.299. The number of nitrogens with one attached hydrogen (secondary N) is 1. The minimum atomic E-state index is -4.27. The van der Waals surface area contributed by atoms with E-state index in [1.807, 2.05) is 0 Å².